The lowest BCUT2D eigenvalue weighted by atomic mass is 10.1. The number of benzene rings is 1. The second kappa shape index (κ2) is 13.2. The lowest BCUT2D eigenvalue weighted by Crippen LogP contribution is -2.42. The summed E-state index contributed by atoms with van der Waals surface area (Å²) in [4.78, 5) is 17.1. The number of rotatable bonds is 11. The van der Waals surface area contributed by atoms with Crippen molar-refractivity contribution in [3.05, 3.63) is 35.9 Å². The van der Waals surface area contributed by atoms with E-state index in [0.717, 1.165) is 18.4 Å². The molecule has 1 N–H and O–H groups in total. The molecule has 8 heteroatoms. The molecule has 0 radical (unpaired) electrons. The number of carbonyl (C=O) groups is 1. The standard InChI is InChI=1S/C27H50N2O4Si2/c1-22(29-25(30)31-21-23-15-13-12-14-16-23)28-24(17-19-32-34(8,9)26(2,3)4)18-20-33-35(10,11)27(5,6)7/h12-16,24H,17-21H2,1-11H3,(H,28,29,30). The van der Waals surface area contributed by atoms with Crippen LogP contribution in [0.1, 0.15) is 66.9 Å². The first-order valence-corrected chi connectivity index (χ1v) is 18.6. The summed E-state index contributed by atoms with van der Waals surface area (Å²) in [6.45, 7) is 25.9. The molecule has 0 aromatic heterocycles. The Morgan fingerprint density at radius 2 is 1.34 bits per heavy atom. The molecule has 6 nitrogen and oxygen atoms in total. The van der Waals surface area contributed by atoms with E-state index in [4.69, 9.17) is 18.6 Å². The van der Waals surface area contributed by atoms with Gasteiger partial charge in [0, 0.05) is 13.2 Å². The van der Waals surface area contributed by atoms with Crippen molar-refractivity contribution in [3.63, 3.8) is 0 Å². The predicted octanol–water partition coefficient (Wildman–Crippen LogP) is 7.52. The van der Waals surface area contributed by atoms with Crippen LogP contribution in [-0.4, -0.2) is 47.8 Å². The monoisotopic (exact) mass is 522 g/mol. The van der Waals surface area contributed by atoms with E-state index in [0.29, 0.717) is 19.0 Å². The van der Waals surface area contributed by atoms with E-state index in [9.17, 15) is 4.79 Å². The molecule has 200 valence electrons. The predicted molar refractivity (Wildman–Crippen MR) is 152 cm³/mol. The first-order chi connectivity index (χ1) is 15.9. The Morgan fingerprint density at radius 3 is 1.77 bits per heavy atom. The van der Waals surface area contributed by atoms with E-state index in [-0.39, 0.29) is 22.7 Å². The lowest BCUT2D eigenvalue weighted by Gasteiger charge is -2.37. The molecule has 0 atom stereocenters. The topological polar surface area (TPSA) is 69.2 Å². The fraction of sp³-hybridized carbons (Fsp3) is 0.704. The number of nitrogens with zero attached hydrogens (tertiary/aromatic N) is 1. The summed E-state index contributed by atoms with van der Waals surface area (Å²) in [6, 6.07) is 9.63. The van der Waals surface area contributed by atoms with Gasteiger partial charge in [-0.1, -0.05) is 71.9 Å². The summed E-state index contributed by atoms with van der Waals surface area (Å²) >= 11 is 0. The van der Waals surface area contributed by atoms with E-state index >= 15 is 0 Å². The maximum Gasteiger partial charge on any atom is 0.412 e. The number of hydrogen-bond acceptors (Lipinski definition) is 5. The number of carbonyl (C=O) groups excluding carboxylic acids is 1. The van der Waals surface area contributed by atoms with Crippen molar-refractivity contribution in [1.29, 1.82) is 0 Å². The number of nitrogens with one attached hydrogen (secondary N) is 1. The SMILES string of the molecule is CC(=NC(CCO[Si](C)(C)C(C)(C)C)CCO[Si](C)(C)C(C)(C)C)NC(=O)OCc1ccccc1. The summed E-state index contributed by atoms with van der Waals surface area (Å²) in [7, 11) is -3.66. The number of amides is 1. The van der Waals surface area contributed by atoms with Crippen LogP contribution in [0.15, 0.2) is 35.3 Å². The molecule has 0 unspecified atom stereocenters. The van der Waals surface area contributed by atoms with Crippen LogP contribution in [-0.2, 0) is 20.2 Å². The van der Waals surface area contributed by atoms with E-state index in [2.05, 4.69) is 73.0 Å². The van der Waals surface area contributed by atoms with Gasteiger partial charge in [0.15, 0.2) is 16.6 Å². The van der Waals surface area contributed by atoms with Gasteiger partial charge in [0.1, 0.15) is 12.4 Å². The van der Waals surface area contributed by atoms with E-state index < -0.39 is 22.7 Å². The Kier molecular flexibility index (Phi) is 11.9. The minimum Gasteiger partial charge on any atom is -0.444 e. The highest BCUT2D eigenvalue weighted by atomic mass is 28.4. The molecule has 0 spiro atoms. The molecule has 0 saturated carbocycles. The summed E-state index contributed by atoms with van der Waals surface area (Å²) in [5.41, 5.74) is 0.945. The average molecular weight is 523 g/mol. The average Bonchev–Trinajstić information content (AvgIpc) is 2.71. The van der Waals surface area contributed by atoms with Gasteiger partial charge in [-0.25, -0.2) is 4.79 Å². The summed E-state index contributed by atoms with van der Waals surface area (Å²) in [5.74, 6) is 0.549. The molecule has 1 rings (SSSR count). The second-order valence-corrected chi connectivity index (χ2v) is 22.0. The quantitative estimate of drug-likeness (QED) is 0.185. The molecular formula is C27H50N2O4Si2. The Bertz CT molecular complexity index is 781. The van der Waals surface area contributed by atoms with Crippen LogP contribution in [0.25, 0.3) is 0 Å². The Labute approximate surface area is 216 Å². The molecule has 0 bridgehead atoms. The van der Waals surface area contributed by atoms with Gasteiger partial charge in [-0.15, -0.1) is 0 Å². The molecule has 1 aromatic rings. The van der Waals surface area contributed by atoms with Gasteiger partial charge < -0.3 is 13.6 Å². The molecule has 1 amide bonds. The molecule has 0 fully saturated rings. The maximum atomic E-state index is 12.3. The zero-order valence-corrected chi connectivity index (χ0v) is 26.1. The van der Waals surface area contributed by atoms with Crippen LogP contribution < -0.4 is 5.32 Å². The van der Waals surface area contributed by atoms with Crippen molar-refractivity contribution in [3.8, 4) is 0 Å². The van der Waals surface area contributed by atoms with Crippen LogP contribution in [0.5, 0.6) is 0 Å². The largest absolute Gasteiger partial charge is 0.444 e. The van der Waals surface area contributed by atoms with Crippen molar-refractivity contribution >= 4 is 28.6 Å². The van der Waals surface area contributed by atoms with Gasteiger partial charge >= 0.3 is 6.09 Å². The van der Waals surface area contributed by atoms with Crippen LogP contribution in [0.2, 0.25) is 36.3 Å². The van der Waals surface area contributed by atoms with Crippen LogP contribution in [0, 0.1) is 0 Å². The highest BCUT2D eigenvalue weighted by molar-refractivity contribution is 6.74. The van der Waals surface area contributed by atoms with Gasteiger partial charge in [0.25, 0.3) is 0 Å². The van der Waals surface area contributed by atoms with Gasteiger partial charge in [0.2, 0.25) is 0 Å². The summed E-state index contributed by atoms with van der Waals surface area (Å²) in [5, 5.41) is 3.09. The first-order valence-electron chi connectivity index (χ1n) is 12.7. The van der Waals surface area contributed by atoms with Gasteiger partial charge in [0.05, 0.1) is 6.04 Å². The van der Waals surface area contributed by atoms with Crippen LogP contribution >= 0.6 is 0 Å². The third-order valence-electron chi connectivity index (χ3n) is 7.31. The Morgan fingerprint density at radius 1 is 0.886 bits per heavy atom. The zero-order chi connectivity index (χ0) is 26.9. The highest BCUT2D eigenvalue weighted by Gasteiger charge is 2.38. The van der Waals surface area contributed by atoms with Gasteiger partial charge in [-0.05, 0) is 61.6 Å². The Hall–Kier alpha value is -1.49. The van der Waals surface area contributed by atoms with E-state index in [1.807, 2.05) is 30.3 Å². The van der Waals surface area contributed by atoms with Crippen molar-refractivity contribution in [1.82, 2.24) is 5.32 Å². The van der Waals surface area contributed by atoms with Crippen molar-refractivity contribution in [2.75, 3.05) is 13.2 Å². The van der Waals surface area contributed by atoms with Crippen molar-refractivity contribution < 1.29 is 18.4 Å². The zero-order valence-electron chi connectivity index (χ0n) is 24.1. The highest BCUT2D eigenvalue weighted by Crippen LogP contribution is 2.37. The fourth-order valence-electron chi connectivity index (χ4n) is 2.82. The van der Waals surface area contributed by atoms with Crippen LogP contribution in [0.4, 0.5) is 4.79 Å². The Balaban J connectivity index is 2.76. The van der Waals surface area contributed by atoms with Gasteiger partial charge in [-0.2, -0.15) is 0 Å². The smallest absolute Gasteiger partial charge is 0.412 e. The van der Waals surface area contributed by atoms with Crippen molar-refractivity contribution in [2.24, 2.45) is 4.99 Å². The fourth-order valence-corrected chi connectivity index (χ4v) is 4.94. The molecule has 0 saturated heterocycles. The number of aliphatic imine (C=N–C) groups is 1. The molecule has 0 heterocycles. The minimum atomic E-state index is -1.83. The van der Waals surface area contributed by atoms with Crippen molar-refractivity contribution in [2.45, 2.75) is 110 Å². The third-order valence-corrected chi connectivity index (χ3v) is 16.4. The summed E-state index contributed by atoms with van der Waals surface area (Å²) < 4.78 is 18.1. The second-order valence-electron chi connectivity index (χ2n) is 12.3. The molecule has 0 aliphatic heterocycles. The van der Waals surface area contributed by atoms with Gasteiger partial charge in [-0.3, -0.25) is 10.3 Å². The molecule has 1 aromatic carbocycles. The number of amidine groups is 1. The lowest BCUT2D eigenvalue weighted by molar-refractivity contribution is 0.145. The van der Waals surface area contributed by atoms with E-state index in [1.54, 1.807) is 6.92 Å². The molecule has 0 aliphatic carbocycles. The van der Waals surface area contributed by atoms with Crippen LogP contribution in [0.3, 0.4) is 0 Å². The molecular weight excluding hydrogens is 472 g/mol. The van der Waals surface area contributed by atoms with E-state index in [1.165, 1.54) is 0 Å². The first kappa shape index (κ1) is 31.5. The minimum absolute atomic E-state index is 0.000963. The number of alkyl carbamates (subject to hydrolysis) is 1. The third kappa shape index (κ3) is 11.4. The summed E-state index contributed by atoms with van der Waals surface area (Å²) in [6.07, 6.45) is 1.07. The molecule has 0 aliphatic rings. The normalized spacial score (nSPS) is 13.8. The maximum absolute atomic E-state index is 12.3. The number of ether oxygens (including phenoxy) is 1. The molecule has 35 heavy (non-hydrogen) atoms. The number of hydrogen-bond donors (Lipinski definition) is 1.